The third kappa shape index (κ3) is 7.72. The maximum Gasteiger partial charge on any atom is 0.447 e. The molecule has 1 aromatic rings. The summed E-state index contributed by atoms with van der Waals surface area (Å²) in [6.45, 7) is 2.99. The first kappa shape index (κ1) is 21.7. The molecule has 0 saturated carbocycles. The summed E-state index contributed by atoms with van der Waals surface area (Å²) in [6.07, 6.45) is 1.31. The number of carbonyl (C=O) groups excluding carboxylic acids is 2. The summed E-state index contributed by atoms with van der Waals surface area (Å²) in [5.41, 5.74) is -4.95. The Morgan fingerprint density at radius 1 is 1.31 bits per heavy atom. The van der Waals surface area contributed by atoms with Crippen molar-refractivity contribution in [2.24, 2.45) is 5.92 Å². The molecule has 1 heterocycles. The lowest BCUT2D eigenvalue weighted by atomic mass is 10.0. The van der Waals surface area contributed by atoms with E-state index in [2.05, 4.69) is 15.6 Å². The molecule has 0 saturated heterocycles. The number of thioether (sulfide) groups is 1. The molecule has 1 rings (SSSR count). The van der Waals surface area contributed by atoms with Crippen LogP contribution in [0.25, 0.3) is 0 Å². The lowest BCUT2D eigenvalue weighted by molar-refractivity contribution is -0.142. The van der Waals surface area contributed by atoms with E-state index in [-0.39, 0.29) is 17.9 Å². The number of carbonyl (C=O) groups is 3. The first-order chi connectivity index (χ1) is 12.0. The molecule has 0 spiro atoms. The molecule has 144 valence electrons. The van der Waals surface area contributed by atoms with Gasteiger partial charge in [0.15, 0.2) is 0 Å². The fourth-order valence-electron chi connectivity index (χ4n) is 1.95. The van der Waals surface area contributed by atoms with Gasteiger partial charge in [0.25, 0.3) is 5.91 Å². The van der Waals surface area contributed by atoms with Crippen LogP contribution < -0.4 is 10.6 Å². The molecule has 0 aliphatic carbocycles. The fourth-order valence-corrected chi connectivity index (χ4v) is 2.55. The van der Waals surface area contributed by atoms with E-state index < -0.39 is 52.7 Å². The highest BCUT2D eigenvalue weighted by Gasteiger charge is 2.32. The van der Waals surface area contributed by atoms with Crippen LogP contribution in [0.5, 0.6) is 0 Å². The van der Waals surface area contributed by atoms with Crippen molar-refractivity contribution in [3.8, 4) is 0 Å². The quantitative estimate of drug-likeness (QED) is 0.584. The number of nitrogens with one attached hydrogen (secondary N) is 2. The van der Waals surface area contributed by atoms with E-state index in [1.807, 2.05) is 0 Å². The summed E-state index contributed by atoms with van der Waals surface area (Å²) in [7, 11) is 0. The van der Waals surface area contributed by atoms with Crippen LogP contribution in [0.15, 0.2) is 23.4 Å². The zero-order valence-corrected chi connectivity index (χ0v) is 14.8. The number of hydrogen-bond donors (Lipinski definition) is 3. The van der Waals surface area contributed by atoms with Gasteiger partial charge in [-0.2, -0.15) is 13.2 Å². The molecule has 2 amide bonds. The van der Waals surface area contributed by atoms with Crippen molar-refractivity contribution in [1.29, 1.82) is 0 Å². The minimum Gasteiger partial charge on any atom is -0.480 e. The SMILES string of the molecule is CC(C)C[C@H](NC(=O)CNC(=O)c1cccnc1SC(F)(F)F)C(=O)O. The molecule has 0 unspecified atom stereocenters. The van der Waals surface area contributed by atoms with Gasteiger partial charge in [-0.1, -0.05) is 13.8 Å². The standard InChI is InChI=1S/C15H18F3N3O4S/c1-8(2)6-10(14(24)25)21-11(22)7-20-12(23)9-4-3-5-19-13(9)26-15(16,17)18/h3-5,8,10H,6-7H2,1-2H3,(H,20,23)(H,21,22)(H,24,25)/t10-/m0/s1. The van der Waals surface area contributed by atoms with E-state index >= 15 is 0 Å². The Bertz CT molecular complexity index is 668. The largest absolute Gasteiger partial charge is 0.480 e. The van der Waals surface area contributed by atoms with Crippen molar-refractivity contribution in [3.05, 3.63) is 23.9 Å². The molecule has 3 N–H and O–H groups in total. The highest BCUT2D eigenvalue weighted by molar-refractivity contribution is 8.00. The summed E-state index contributed by atoms with van der Waals surface area (Å²) >= 11 is -0.539. The van der Waals surface area contributed by atoms with E-state index in [0.29, 0.717) is 0 Å². The summed E-state index contributed by atoms with van der Waals surface area (Å²) < 4.78 is 37.5. The van der Waals surface area contributed by atoms with Crippen LogP contribution in [-0.4, -0.2) is 46.0 Å². The van der Waals surface area contributed by atoms with Crippen molar-refractivity contribution in [2.45, 2.75) is 36.8 Å². The van der Waals surface area contributed by atoms with Gasteiger partial charge in [-0.05, 0) is 24.5 Å². The predicted octanol–water partition coefficient (Wildman–Crippen LogP) is 2.04. The molecule has 0 aliphatic rings. The molecular formula is C15H18F3N3O4S. The van der Waals surface area contributed by atoms with Crippen LogP contribution in [0.3, 0.4) is 0 Å². The number of halogens is 3. The summed E-state index contributed by atoms with van der Waals surface area (Å²) in [5, 5.41) is 12.9. The predicted molar refractivity (Wildman–Crippen MR) is 87.5 cm³/mol. The van der Waals surface area contributed by atoms with Crippen LogP contribution in [-0.2, 0) is 9.59 Å². The molecule has 11 heteroatoms. The van der Waals surface area contributed by atoms with E-state index in [0.717, 1.165) is 12.3 Å². The maximum atomic E-state index is 12.5. The highest BCUT2D eigenvalue weighted by atomic mass is 32.2. The molecule has 26 heavy (non-hydrogen) atoms. The monoisotopic (exact) mass is 393 g/mol. The second-order valence-electron chi connectivity index (χ2n) is 5.67. The van der Waals surface area contributed by atoms with Crippen LogP contribution >= 0.6 is 11.8 Å². The number of aromatic nitrogens is 1. The molecule has 0 aliphatic heterocycles. The van der Waals surface area contributed by atoms with Gasteiger partial charge >= 0.3 is 11.5 Å². The van der Waals surface area contributed by atoms with E-state index in [4.69, 9.17) is 5.11 Å². The van der Waals surface area contributed by atoms with Gasteiger partial charge in [0, 0.05) is 18.0 Å². The van der Waals surface area contributed by atoms with Gasteiger partial charge < -0.3 is 15.7 Å². The average molecular weight is 393 g/mol. The second-order valence-corrected chi connectivity index (χ2v) is 6.73. The van der Waals surface area contributed by atoms with Gasteiger partial charge in [-0.15, -0.1) is 0 Å². The van der Waals surface area contributed by atoms with Crippen LogP contribution in [0.2, 0.25) is 0 Å². The first-order valence-electron chi connectivity index (χ1n) is 7.50. The number of aliphatic carboxylic acids is 1. The first-order valence-corrected chi connectivity index (χ1v) is 8.32. The zero-order valence-electron chi connectivity index (χ0n) is 14.0. The van der Waals surface area contributed by atoms with Crippen LogP contribution in [0.1, 0.15) is 30.6 Å². The normalized spacial score (nSPS) is 12.5. The Kier molecular flexibility index (Phi) is 7.87. The van der Waals surface area contributed by atoms with Crippen molar-refractivity contribution < 1.29 is 32.7 Å². The van der Waals surface area contributed by atoms with Gasteiger partial charge in [0.2, 0.25) is 5.91 Å². The average Bonchev–Trinajstić information content (AvgIpc) is 2.50. The third-order valence-electron chi connectivity index (χ3n) is 2.98. The number of alkyl halides is 3. The zero-order chi connectivity index (χ0) is 19.9. The Hall–Kier alpha value is -2.30. The van der Waals surface area contributed by atoms with E-state index in [9.17, 15) is 27.6 Å². The Morgan fingerprint density at radius 2 is 1.96 bits per heavy atom. The molecule has 0 bridgehead atoms. The molecule has 1 atom stereocenters. The van der Waals surface area contributed by atoms with Gasteiger partial charge in [0.05, 0.1) is 12.1 Å². The number of carboxylic acids is 1. The number of hydrogen-bond acceptors (Lipinski definition) is 5. The summed E-state index contributed by atoms with van der Waals surface area (Å²) in [6, 6.07) is 1.32. The number of amides is 2. The van der Waals surface area contributed by atoms with Crippen LogP contribution in [0.4, 0.5) is 13.2 Å². The second kappa shape index (κ2) is 9.41. The van der Waals surface area contributed by atoms with Crippen LogP contribution in [0, 0.1) is 5.92 Å². The number of carboxylic acid groups (broad SMARTS) is 1. The smallest absolute Gasteiger partial charge is 0.447 e. The Balaban J connectivity index is 2.69. The van der Waals surface area contributed by atoms with E-state index in [1.54, 1.807) is 13.8 Å². The lowest BCUT2D eigenvalue weighted by Gasteiger charge is -2.16. The van der Waals surface area contributed by atoms with Gasteiger partial charge in [-0.3, -0.25) is 9.59 Å². The van der Waals surface area contributed by atoms with Gasteiger partial charge in [0.1, 0.15) is 11.1 Å². The Labute approximate surface area is 151 Å². The molecule has 0 radical (unpaired) electrons. The molecular weight excluding hydrogens is 375 g/mol. The minimum atomic E-state index is -4.62. The molecule has 1 aromatic heterocycles. The third-order valence-corrected chi connectivity index (χ3v) is 3.73. The Morgan fingerprint density at radius 3 is 2.50 bits per heavy atom. The lowest BCUT2D eigenvalue weighted by Crippen LogP contribution is -2.46. The highest BCUT2D eigenvalue weighted by Crippen LogP contribution is 2.37. The fraction of sp³-hybridized carbons (Fsp3) is 0.467. The summed E-state index contributed by atoms with van der Waals surface area (Å²) in [4.78, 5) is 38.4. The molecule has 0 fully saturated rings. The van der Waals surface area contributed by atoms with Crippen molar-refractivity contribution >= 4 is 29.5 Å². The molecule has 7 nitrogen and oxygen atoms in total. The number of pyridine rings is 1. The number of nitrogens with zero attached hydrogens (tertiary/aromatic N) is 1. The minimum absolute atomic E-state index is 0.0170. The van der Waals surface area contributed by atoms with E-state index in [1.165, 1.54) is 6.07 Å². The maximum absolute atomic E-state index is 12.5. The van der Waals surface area contributed by atoms with Crippen molar-refractivity contribution in [1.82, 2.24) is 15.6 Å². The summed E-state index contributed by atoms with van der Waals surface area (Å²) in [5.74, 6) is -2.88. The van der Waals surface area contributed by atoms with Crippen molar-refractivity contribution in [2.75, 3.05) is 6.54 Å². The molecule has 0 aromatic carbocycles. The van der Waals surface area contributed by atoms with Crippen molar-refractivity contribution in [3.63, 3.8) is 0 Å². The number of rotatable bonds is 8. The topological polar surface area (TPSA) is 108 Å². The van der Waals surface area contributed by atoms with Gasteiger partial charge in [-0.25, -0.2) is 9.78 Å².